The van der Waals surface area contributed by atoms with E-state index in [2.05, 4.69) is 30.1 Å². The molecule has 0 spiro atoms. The molecule has 2 aliphatic carbocycles. The number of benzene rings is 1. The zero-order valence-electron chi connectivity index (χ0n) is 15.5. The van der Waals surface area contributed by atoms with Crippen LogP contribution in [0, 0.1) is 0 Å². The van der Waals surface area contributed by atoms with Gasteiger partial charge in [-0.15, -0.1) is 0 Å². The number of hydrogen-bond acceptors (Lipinski definition) is 4. The first kappa shape index (κ1) is 17.2. The minimum Gasteiger partial charge on any atom is -0.493 e. The lowest BCUT2D eigenvalue weighted by Gasteiger charge is -2.43. The average molecular weight is 345 g/mol. The van der Waals surface area contributed by atoms with E-state index >= 15 is 0 Å². The van der Waals surface area contributed by atoms with Crippen molar-refractivity contribution in [1.29, 1.82) is 0 Å². The monoisotopic (exact) mass is 345 g/mol. The second-order valence-corrected chi connectivity index (χ2v) is 8.22. The van der Waals surface area contributed by atoms with Gasteiger partial charge in [0.05, 0.1) is 19.3 Å². The number of nitrogens with zero attached hydrogens (tertiary/aromatic N) is 1. The topological polar surface area (TPSA) is 41.9 Å². The van der Waals surface area contributed by atoms with Crippen molar-refractivity contribution in [2.75, 3.05) is 20.7 Å². The van der Waals surface area contributed by atoms with Crippen LogP contribution in [0.4, 0.5) is 0 Å². The van der Waals surface area contributed by atoms with E-state index in [4.69, 9.17) is 9.47 Å². The Hall–Kier alpha value is -1.26. The summed E-state index contributed by atoms with van der Waals surface area (Å²) in [4.78, 5) is 2.43. The fourth-order valence-corrected chi connectivity index (χ4v) is 5.36. The van der Waals surface area contributed by atoms with E-state index in [1.807, 2.05) is 0 Å². The van der Waals surface area contributed by atoms with Gasteiger partial charge in [-0.3, -0.25) is 0 Å². The van der Waals surface area contributed by atoms with Crippen LogP contribution in [-0.2, 0) is 5.41 Å². The Morgan fingerprint density at radius 1 is 1.12 bits per heavy atom. The van der Waals surface area contributed by atoms with Crippen LogP contribution in [0.15, 0.2) is 18.2 Å². The summed E-state index contributed by atoms with van der Waals surface area (Å²) >= 11 is 0. The normalized spacial score (nSPS) is 33.4. The summed E-state index contributed by atoms with van der Waals surface area (Å²) in [5.74, 6) is 1.74. The molecule has 1 aliphatic heterocycles. The van der Waals surface area contributed by atoms with Gasteiger partial charge in [-0.2, -0.15) is 0 Å². The van der Waals surface area contributed by atoms with E-state index < -0.39 is 0 Å². The first-order chi connectivity index (χ1) is 12.1. The number of likely N-dealkylation sites (N-methyl/N-ethyl adjacent to an activating group) is 1. The van der Waals surface area contributed by atoms with Crippen molar-refractivity contribution in [1.82, 2.24) is 4.90 Å². The number of aliphatic hydroxyl groups excluding tert-OH is 1. The third-order valence-electron chi connectivity index (χ3n) is 6.83. The van der Waals surface area contributed by atoms with Crippen LogP contribution in [0.3, 0.4) is 0 Å². The molecule has 0 radical (unpaired) electrons. The van der Waals surface area contributed by atoms with Crippen LogP contribution in [0.25, 0.3) is 0 Å². The predicted molar refractivity (Wildman–Crippen MR) is 98.4 cm³/mol. The standard InChI is InChI=1S/C21H31NO3/c1-22-12-11-21(10-9-16(23)14-20(21)22)15-7-8-18(24-2)19(13-15)25-17-5-3-4-6-17/h7-8,13,16-17,20,23H,3-6,9-12,14H2,1-2H3/t16-,20-,21?/m0/s1. The van der Waals surface area contributed by atoms with Crippen molar-refractivity contribution >= 4 is 0 Å². The number of fused-ring (bicyclic) bond motifs is 1. The first-order valence-corrected chi connectivity index (χ1v) is 9.86. The van der Waals surface area contributed by atoms with Crippen molar-refractivity contribution in [2.45, 2.75) is 75.0 Å². The molecule has 3 fully saturated rings. The molecule has 1 aromatic rings. The number of likely N-dealkylation sites (tertiary alicyclic amines) is 1. The van der Waals surface area contributed by atoms with Gasteiger partial charge in [-0.25, -0.2) is 0 Å². The van der Waals surface area contributed by atoms with Gasteiger partial charge in [0, 0.05) is 11.5 Å². The SMILES string of the molecule is COc1ccc(C23CC[C@H](O)C[C@@H]2N(C)CC3)cc1OC1CCCC1. The molecule has 1 heterocycles. The van der Waals surface area contributed by atoms with E-state index in [-0.39, 0.29) is 11.5 Å². The maximum Gasteiger partial charge on any atom is 0.161 e. The molecule has 0 bridgehead atoms. The molecule has 4 heteroatoms. The lowest BCUT2D eigenvalue weighted by molar-refractivity contribution is 0.0566. The molecule has 4 nitrogen and oxygen atoms in total. The molecular formula is C21H31NO3. The van der Waals surface area contributed by atoms with Gasteiger partial charge < -0.3 is 19.5 Å². The second kappa shape index (κ2) is 6.81. The summed E-state index contributed by atoms with van der Waals surface area (Å²) in [6, 6.07) is 6.96. The lowest BCUT2D eigenvalue weighted by atomic mass is 9.65. The van der Waals surface area contributed by atoms with E-state index in [1.54, 1.807) is 7.11 Å². The Morgan fingerprint density at radius 3 is 2.68 bits per heavy atom. The highest BCUT2D eigenvalue weighted by atomic mass is 16.5. The Morgan fingerprint density at radius 2 is 1.92 bits per heavy atom. The number of methoxy groups -OCH3 is 1. The maximum absolute atomic E-state index is 10.2. The Bertz CT molecular complexity index is 613. The fourth-order valence-electron chi connectivity index (χ4n) is 5.36. The Labute approximate surface area is 151 Å². The van der Waals surface area contributed by atoms with E-state index in [9.17, 15) is 5.11 Å². The highest BCUT2D eigenvalue weighted by molar-refractivity contribution is 5.47. The van der Waals surface area contributed by atoms with Crippen LogP contribution in [0.2, 0.25) is 0 Å². The third kappa shape index (κ3) is 3.04. The average Bonchev–Trinajstić information content (AvgIpc) is 3.24. The zero-order chi connectivity index (χ0) is 17.4. The quantitative estimate of drug-likeness (QED) is 0.907. The zero-order valence-corrected chi connectivity index (χ0v) is 15.5. The summed E-state index contributed by atoms with van der Waals surface area (Å²) in [6.45, 7) is 1.10. The molecule has 3 aliphatic rings. The van der Waals surface area contributed by atoms with Crippen LogP contribution in [0.5, 0.6) is 11.5 Å². The Kier molecular flexibility index (Phi) is 4.67. The summed E-state index contributed by atoms with van der Waals surface area (Å²) < 4.78 is 11.9. The van der Waals surface area contributed by atoms with Crippen molar-refractivity contribution in [2.24, 2.45) is 0 Å². The lowest BCUT2D eigenvalue weighted by Crippen LogP contribution is -2.47. The van der Waals surface area contributed by atoms with Crippen LogP contribution >= 0.6 is 0 Å². The molecule has 0 aromatic heterocycles. The minimum absolute atomic E-state index is 0.147. The second-order valence-electron chi connectivity index (χ2n) is 8.22. The molecular weight excluding hydrogens is 314 g/mol. The van der Waals surface area contributed by atoms with Gasteiger partial charge in [0.15, 0.2) is 11.5 Å². The molecule has 1 unspecified atom stereocenters. The molecule has 0 amide bonds. The van der Waals surface area contributed by atoms with E-state index in [1.165, 1.54) is 18.4 Å². The molecule has 3 atom stereocenters. The maximum atomic E-state index is 10.2. The van der Waals surface area contributed by atoms with Gasteiger partial charge in [-0.05, 0) is 82.7 Å². The minimum atomic E-state index is -0.161. The molecule has 1 saturated heterocycles. The number of ether oxygens (including phenoxy) is 2. The van der Waals surface area contributed by atoms with Gasteiger partial charge >= 0.3 is 0 Å². The number of rotatable bonds is 4. The van der Waals surface area contributed by atoms with Crippen molar-refractivity contribution in [3.63, 3.8) is 0 Å². The van der Waals surface area contributed by atoms with Crippen LogP contribution < -0.4 is 9.47 Å². The van der Waals surface area contributed by atoms with Gasteiger partial charge in [0.2, 0.25) is 0 Å². The molecule has 1 N–H and O–H groups in total. The summed E-state index contributed by atoms with van der Waals surface area (Å²) in [7, 11) is 3.92. The molecule has 25 heavy (non-hydrogen) atoms. The van der Waals surface area contributed by atoms with Gasteiger partial charge in [0.25, 0.3) is 0 Å². The highest BCUT2D eigenvalue weighted by Gasteiger charge is 2.50. The summed E-state index contributed by atoms with van der Waals surface area (Å²) in [5, 5.41) is 10.2. The largest absolute Gasteiger partial charge is 0.493 e. The van der Waals surface area contributed by atoms with Crippen LogP contribution in [-0.4, -0.2) is 49.0 Å². The van der Waals surface area contributed by atoms with Gasteiger partial charge in [-0.1, -0.05) is 6.07 Å². The fraction of sp³-hybridized carbons (Fsp3) is 0.714. The van der Waals surface area contributed by atoms with E-state index in [0.29, 0.717) is 12.1 Å². The molecule has 138 valence electrons. The number of hydrogen-bond donors (Lipinski definition) is 1. The first-order valence-electron chi connectivity index (χ1n) is 9.86. The number of aliphatic hydroxyl groups is 1. The van der Waals surface area contributed by atoms with E-state index in [0.717, 1.165) is 56.6 Å². The third-order valence-corrected chi connectivity index (χ3v) is 6.83. The van der Waals surface area contributed by atoms with Crippen molar-refractivity contribution in [3.8, 4) is 11.5 Å². The smallest absolute Gasteiger partial charge is 0.161 e. The van der Waals surface area contributed by atoms with Crippen molar-refractivity contribution in [3.05, 3.63) is 23.8 Å². The summed E-state index contributed by atoms with van der Waals surface area (Å²) in [5.41, 5.74) is 1.51. The molecule has 2 saturated carbocycles. The predicted octanol–water partition coefficient (Wildman–Crippen LogP) is 3.50. The Balaban J connectivity index is 1.67. The van der Waals surface area contributed by atoms with Gasteiger partial charge in [0.1, 0.15) is 0 Å². The highest BCUT2D eigenvalue weighted by Crippen LogP contribution is 2.50. The van der Waals surface area contributed by atoms with Crippen molar-refractivity contribution < 1.29 is 14.6 Å². The molecule has 1 aromatic carbocycles. The van der Waals surface area contributed by atoms with Crippen LogP contribution in [0.1, 0.15) is 56.9 Å². The molecule has 4 rings (SSSR count). The summed E-state index contributed by atoms with van der Waals surface area (Å²) in [6.07, 6.45) is 8.99.